The minimum atomic E-state index is 0.178. The summed E-state index contributed by atoms with van der Waals surface area (Å²) in [6.07, 6.45) is 9.76. The van der Waals surface area contributed by atoms with Crippen LogP contribution in [0, 0.1) is 5.92 Å². The SMILES string of the molecule is CCCNC1(c2nccs2)CCCCC1CC. The summed E-state index contributed by atoms with van der Waals surface area (Å²) in [5, 5.41) is 7.27. The average Bonchev–Trinajstić information content (AvgIpc) is 2.91. The van der Waals surface area contributed by atoms with Crippen molar-refractivity contribution in [2.24, 2.45) is 5.92 Å². The maximum Gasteiger partial charge on any atom is 0.113 e. The van der Waals surface area contributed by atoms with E-state index in [4.69, 9.17) is 0 Å². The van der Waals surface area contributed by atoms with Crippen molar-refractivity contribution in [3.8, 4) is 0 Å². The summed E-state index contributed by atoms with van der Waals surface area (Å²) in [6, 6.07) is 0. The van der Waals surface area contributed by atoms with Gasteiger partial charge in [0.2, 0.25) is 0 Å². The highest BCUT2D eigenvalue weighted by Crippen LogP contribution is 2.44. The minimum Gasteiger partial charge on any atom is -0.305 e. The second kappa shape index (κ2) is 5.96. The Bertz CT molecular complexity index is 323. The van der Waals surface area contributed by atoms with Gasteiger partial charge in [-0.15, -0.1) is 11.3 Å². The molecule has 1 aromatic rings. The van der Waals surface area contributed by atoms with E-state index in [2.05, 4.69) is 29.5 Å². The molecule has 1 fully saturated rings. The van der Waals surface area contributed by atoms with Crippen LogP contribution in [0.1, 0.15) is 57.4 Å². The zero-order valence-corrected chi connectivity index (χ0v) is 11.9. The first-order chi connectivity index (χ1) is 8.33. The number of nitrogens with zero attached hydrogens (tertiary/aromatic N) is 1. The Morgan fingerprint density at radius 3 is 3.00 bits per heavy atom. The molecular weight excluding hydrogens is 228 g/mol. The lowest BCUT2D eigenvalue weighted by Gasteiger charge is -2.43. The molecule has 1 aliphatic carbocycles. The van der Waals surface area contributed by atoms with Gasteiger partial charge in [-0.25, -0.2) is 4.98 Å². The Hall–Kier alpha value is -0.410. The molecule has 0 amide bonds. The second-order valence-electron chi connectivity index (χ2n) is 5.09. The molecule has 1 saturated carbocycles. The van der Waals surface area contributed by atoms with Crippen LogP contribution in [0.5, 0.6) is 0 Å². The monoisotopic (exact) mass is 252 g/mol. The lowest BCUT2D eigenvalue weighted by Crippen LogP contribution is -2.50. The molecule has 1 aliphatic rings. The fourth-order valence-corrected chi connectivity index (χ4v) is 4.10. The summed E-state index contributed by atoms with van der Waals surface area (Å²) in [4.78, 5) is 4.62. The van der Waals surface area contributed by atoms with Gasteiger partial charge in [-0.05, 0) is 31.7 Å². The molecule has 96 valence electrons. The van der Waals surface area contributed by atoms with Crippen molar-refractivity contribution < 1.29 is 0 Å². The van der Waals surface area contributed by atoms with E-state index < -0.39 is 0 Å². The first kappa shape index (κ1) is 13.0. The van der Waals surface area contributed by atoms with Crippen LogP contribution < -0.4 is 5.32 Å². The number of hydrogen-bond acceptors (Lipinski definition) is 3. The highest BCUT2D eigenvalue weighted by molar-refractivity contribution is 7.09. The smallest absolute Gasteiger partial charge is 0.113 e. The van der Waals surface area contributed by atoms with Crippen LogP contribution in [-0.2, 0) is 5.54 Å². The Labute approximate surface area is 109 Å². The fraction of sp³-hybridized carbons (Fsp3) is 0.786. The van der Waals surface area contributed by atoms with E-state index in [9.17, 15) is 0 Å². The van der Waals surface area contributed by atoms with Gasteiger partial charge in [-0.1, -0.05) is 33.1 Å². The van der Waals surface area contributed by atoms with Gasteiger partial charge in [0.25, 0.3) is 0 Å². The van der Waals surface area contributed by atoms with Crippen molar-refractivity contribution in [2.75, 3.05) is 6.54 Å². The molecule has 2 unspecified atom stereocenters. The topological polar surface area (TPSA) is 24.9 Å². The third-order valence-electron chi connectivity index (χ3n) is 4.07. The lowest BCUT2D eigenvalue weighted by molar-refractivity contribution is 0.135. The first-order valence-electron chi connectivity index (χ1n) is 6.98. The molecule has 2 nitrogen and oxygen atoms in total. The highest BCUT2D eigenvalue weighted by Gasteiger charge is 2.42. The Kier molecular flexibility index (Phi) is 4.57. The Morgan fingerprint density at radius 1 is 1.47 bits per heavy atom. The number of thiazole rings is 1. The largest absolute Gasteiger partial charge is 0.305 e. The zero-order chi connectivity index (χ0) is 12.1. The van der Waals surface area contributed by atoms with Crippen molar-refractivity contribution >= 4 is 11.3 Å². The van der Waals surface area contributed by atoms with Crippen LogP contribution in [0.2, 0.25) is 0 Å². The molecule has 2 atom stereocenters. The minimum absolute atomic E-state index is 0.178. The fourth-order valence-electron chi connectivity index (χ4n) is 3.18. The van der Waals surface area contributed by atoms with Crippen LogP contribution >= 0.6 is 11.3 Å². The number of aromatic nitrogens is 1. The van der Waals surface area contributed by atoms with E-state index in [1.807, 2.05) is 17.5 Å². The molecule has 1 N–H and O–H groups in total. The normalized spacial score (nSPS) is 29.4. The quantitative estimate of drug-likeness (QED) is 0.858. The van der Waals surface area contributed by atoms with Gasteiger partial charge in [-0.2, -0.15) is 0 Å². The molecule has 0 spiro atoms. The number of rotatable bonds is 5. The van der Waals surface area contributed by atoms with Crippen LogP contribution in [-0.4, -0.2) is 11.5 Å². The molecule has 17 heavy (non-hydrogen) atoms. The summed E-state index contributed by atoms with van der Waals surface area (Å²) >= 11 is 1.82. The van der Waals surface area contributed by atoms with Gasteiger partial charge in [0.05, 0.1) is 5.54 Å². The van der Waals surface area contributed by atoms with Crippen molar-refractivity contribution in [2.45, 2.75) is 57.9 Å². The summed E-state index contributed by atoms with van der Waals surface area (Å²) in [5.74, 6) is 0.758. The molecule has 3 heteroatoms. The van der Waals surface area contributed by atoms with Crippen molar-refractivity contribution in [1.82, 2.24) is 10.3 Å². The van der Waals surface area contributed by atoms with Gasteiger partial charge in [-0.3, -0.25) is 0 Å². The van der Waals surface area contributed by atoms with E-state index in [-0.39, 0.29) is 5.54 Å². The molecule has 2 rings (SSSR count). The Morgan fingerprint density at radius 2 is 2.35 bits per heavy atom. The van der Waals surface area contributed by atoms with Gasteiger partial charge in [0.15, 0.2) is 0 Å². The molecule has 0 saturated heterocycles. The average molecular weight is 252 g/mol. The standard InChI is InChI=1S/C14H24N2S/c1-3-9-16-14(13-15-10-11-17-13)8-6-5-7-12(14)4-2/h10-12,16H,3-9H2,1-2H3. The third-order valence-corrected chi connectivity index (χ3v) is 5.02. The molecule has 0 bridgehead atoms. The number of nitrogens with one attached hydrogen (secondary N) is 1. The molecule has 0 aliphatic heterocycles. The summed E-state index contributed by atoms with van der Waals surface area (Å²) in [7, 11) is 0. The van der Waals surface area contributed by atoms with Gasteiger partial charge >= 0.3 is 0 Å². The van der Waals surface area contributed by atoms with E-state index in [1.54, 1.807) is 0 Å². The van der Waals surface area contributed by atoms with E-state index in [1.165, 1.54) is 43.5 Å². The van der Waals surface area contributed by atoms with Crippen LogP contribution in [0.25, 0.3) is 0 Å². The number of hydrogen-bond donors (Lipinski definition) is 1. The van der Waals surface area contributed by atoms with Crippen molar-refractivity contribution in [1.29, 1.82) is 0 Å². The molecule has 1 heterocycles. The van der Waals surface area contributed by atoms with Crippen LogP contribution in [0.4, 0.5) is 0 Å². The molecule has 0 aromatic carbocycles. The predicted molar refractivity (Wildman–Crippen MR) is 74.3 cm³/mol. The lowest BCUT2D eigenvalue weighted by atomic mass is 9.71. The zero-order valence-electron chi connectivity index (χ0n) is 11.0. The van der Waals surface area contributed by atoms with E-state index in [0.717, 1.165) is 12.5 Å². The highest BCUT2D eigenvalue weighted by atomic mass is 32.1. The van der Waals surface area contributed by atoms with Crippen molar-refractivity contribution in [3.05, 3.63) is 16.6 Å². The summed E-state index contributed by atoms with van der Waals surface area (Å²) in [5.41, 5.74) is 0.178. The molecular formula is C14H24N2S. The van der Waals surface area contributed by atoms with Crippen LogP contribution in [0.15, 0.2) is 11.6 Å². The van der Waals surface area contributed by atoms with Gasteiger partial charge in [0, 0.05) is 11.6 Å². The molecule has 0 radical (unpaired) electrons. The maximum absolute atomic E-state index is 4.62. The van der Waals surface area contributed by atoms with Gasteiger partial charge in [0.1, 0.15) is 5.01 Å². The van der Waals surface area contributed by atoms with E-state index >= 15 is 0 Å². The van der Waals surface area contributed by atoms with Gasteiger partial charge < -0.3 is 5.32 Å². The third kappa shape index (κ3) is 2.55. The van der Waals surface area contributed by atoms with Crippen molar-refractivity contribution in [3.63, 3.8) is 0 Å². The summed E-state index contributed by atoms with van der Waals surface area (Å²) < 4.78 is 0. The molecule has 1 aromatic heterocycles. The van der Waals surface area contributed by atoms with Crippen LogP contribution in [0.3, 0.4) is 0 Å². The summed E-state index contributed by atoms with van der Waals surface area (Å²) in [6.45, 7) is 5.67. The maximum atomic E-state index is 4.62. The second-order valence-corrected chi connectivity index (χ2v) is 5.98. The first-order valence-corrected chi connectivity index (χ1v) is 7.86. The Balaban J connectivity index is 2.27. The van der Waals surface area contributed by atoms with E-state index in [0.29, 0.717) is 0 Å². The predicted octanol–water partition coefficient (Wildman–Crippen LogP) is 3.94.